The molecule has 0 fully saturated rings. The molecule has 0 atom stereocenters. The number of carboxylic acids is 1. The molecule has 0 unspecified atom stereocenters. The molecule has 0 saturated heterocycles. The third-order valence-electron chi connectivity index (χ3n) is 3.08. The summed E-state index contributed by atoms with van der Waals surface area (Å²) < 4.78 is 5.64. The first-order valence-electron chi connectivity index (χ1n) is 6.43. The van der Waals surface area contributed by atoms with Crippen molar-refractivity contribution in [3.63, 3.8) is 0 Å². The molecule has 2 N–H and O–H groups in total. The van der Waals surface area contributed by atoms with E-state index in [9.17, 15) is 9.90 Å². The van der Waals surface area contributed by atoms with Crippen LogP contribution in [0, 0.1) is 0 Å². The molecule has 3 rings (SSSR count). The van der Waals surface area contributed by atoms with Crippen molar-refractivity contribution in [2.75, 3.05) is 0 Å². The van der Waals surface area contributed by atoms with Gasteiger partial charge in [0, 0.05) is 16.8 Å². The topological polar surface area (TPSA) is 75.2 Å². The number of hydrogen-bond donors (Lipinski definition) is 2. The fraction of sp³-hybridized carbons (Fsp3) is 0. The van der Waals surface area contributed by atoms with E-state index >= 15 is 0 Å². The van der Waals surface area contributed by atoms with Crippen LogP contribution in [0.3, 0.4) is 0 Å². The van der Waals surface area contributed by atoms with Gasteiger partial charge in [0.2, 0.25) is 0 Å². The van der Waals surface area contributed by atoms with Crippen LogP contribution >= 0.6 is 11.6 Å². The third kappa shape index (κ3) is 2.94. The van der Waals surface area contributed by atoms with E-state index < -0.39 is 5.97 Å². The second-order valence-corrected chi connectivity index (χ2v) is 5.00. The van der Waals surface area contributed by atoms with Gasteiger partial charge in [0.15, 0.2) is 0 Å². The fourth-order valence-corrected chi connectivity index (χ4v) is 2.13. The zero-order valence-corrected chi connectivity index (χ0v) is 12.0. The third-order valence-corrected chi connectivity index (χ3v) is 3.33. The molecule has 3 aromatic rings. The number of nitrogens with zero attached hydrogens (tertiary/aromatic N) is 1. The van der Waals surface area contributed by atoms with E-state index in [-0.39, 0.29) is 11.3 Å². The minimum Gasteiger partial charge on any atom is -0.478 e. The van der Waals surface area contributed by atoms with Gasteiger partial charge in [-0.15, -0.1) is 0 Å². The average Bonchev–Trinajstić information content (AvgIpc) is 3.04. The lowest BCUT2D eigenvalue weighted by atomic mass is 10.1. The first-order valence-corrected chi connectivity index (χ1v) is 6.81. The smallest absolute Gasteiger partial charge is 0.339 e. The molecule has 1 heterocycles. The number of H-pyrrole nitrogens is 1. The zero-order chi connectivity index (χ0) is 15.5. The Morgan fingerprint density at radius 2 is 1.91 bits per heavy atom. The molecule has 6 heteroatoms. The Bertz CT molecular complexity index is 799. The highest BCUT2D eigenvalue weighted by atomic mass is 35.5. The van der Waals surface area contributed by atoms with Crippen LogP contribution in [0.25, 0.3) is 11.1 Å². The van der Waals surface area contributed by atoms with Crippen molar-refractivity contribution in [3.05, 3.63) is 65.4 Å². The lowest BCUT2D eigenvalue weighted by Crippen LogP contribution is -2.00. The number of hydrogen-bond acceptors (Lipinski definition) is 3. The number of aromatic carboxylic acids is 1. The molecule has 22 heavy (non-hydrogen) atoms. The Hall–Kier alpha value is -2.79. The van der Waals surface area contributed by atoms with E-state index in [1.54, 1.807) is 54.9 Å². The minimum absolute atomic E-state index is 0.0775. The quantitative estimate of drug-likeness (QED) is 0.756. The van der Waals surface area contributed by atoms with Gasteiger partial charge < -0.3 is 9.84 Å². The van der Waals surface area contributed by atoms with Crippen molar-refractivity contribution in [2.45, 2.75) is 0 Å². The van der Waals surface area contributed by atoms with Crippen molar-refractivity contribution < 1.29 is 14.6 Å². The summed E-state index contributed by atoms with van der Waals surface area (Å²) in [5.41, 5.74) is 1.63. The number of halogens is 1. The average molecular weight is 315 g/mol. The number of aromatic amines is 1. The van der Waals surface area contributed by atoms with Gasteiger partial charge in [0.25, 0.3) is 0 Å². The van der Waals surface area contributed by atoms with Crippen molar-refractivity contribution in [3.8, 4) is 22.6 Å². The summed E-state index contributed by atoms with van der Waals surface area (Å²) in [5.74, 6) is -0.278. The largest absolute Gasteiger partial charge is 0.478 e. The summed E-state index contributed by atoms with van der Waals surface area (Å²) in [6.45, 7) is 0. The van der Waals surface area contributed by atoms with Gasteiger partial charge in [0.05, 0.1) is 6.20 Å². The summed E-state index contributed by atoms with van der Waals surface area (Å²) >= 11 is 5.82. The van der Waals surface area contributed by atoms with Crippen LogP contribution in [0.4, 0.5) is 0 Å². The summed E-state index contributed by atoms with van der Waals surface area (Å²) in [5, 5.41) is 16.5. The van der Waals surface area contributed by atoms with Crippen LogP contribution in [0.5, 0.6) is 11.5 Å². The lowest BCUT2D eigenvalue weighted by molar-refractivity contribution is 0.0694. The van der Waals surface area contributed by atoms with Crippen LogP contribution in [-0.4, -0.2) is 21.3 Å². The van der Waals surface area contributed by atoms with Crippen molar-refractivity contribution >= 4 is 17.6 Å². The highest BCUT2D eigenvalue weighted by molar-refractivity contribution is 6.30. The molecule has 0 aliphatic carbocycles. The summed E-state index contributed by atoms with van der Waals surface area (Å²) in [6.07, 6.45) is 3.32. The number of benzene rings is 2. The van der Waals surface area contributed by atoms with Crippen molar-refractivity contribution in [2.24, 2.45) is 0 Å². The standard InChI is InChI=1S/C16H11ClN2O3/c17-12-2-4-13(5-3-12)22-15-6-1-10(7-14(15)16(20)21)11-8-18-19-9-11/h1-9H,(H,18,19)(H,20,21). The Balaban J connectivity index is 1.97. The van der Waals surface area contributed by atoms with Crippen molar-refractivity contribution in [1.29, 1.82) is 0 Å². The molecule has 0 aliphatic heterocycles. The Morgan fingerprint density at radius 1 is 1.14 bits per heavy atom. The van der Waals surface area contributed by atoms with E-state index in [1.165, 1.54) is 0 Å². The van der Waals surface area contributed by atoms with Crippen LogP contribution < -0.4 is 4.74 Å². The van der Waals surface area contributed by atoms with Crippen LogP contribution in [-0.2, 0) is 0 Å². The number of nitrogens with one attached hydrogen (secondary N) is 1. The summed E-state index contributed by atoms with van der Waals surface area (Å²) in [4.78, 5) is 11.5. The minimum atomic E-state index is -1.06. The van der Waals surface area contributed by atoms with Gasteiger partial charge in [-0.3, -0.25) is 5.10 Å². The Morgan fingerprint density at radius 3 is 2.55 bits per heavy atom. The highest BCUT2D eigenvalue weighted by Crippen LogP contribution is 2.30. The molecule has 0 bridgehead atoms. The van der Waals surface area contributed by atoms with E-state index in [0.717, 1.165) is 11.1 Å². The maximum atomic E-state index is 11.5. The van der Waals surface area contributed by atoms with Crippen LogP contribution in [0.15, 0.2) is 54.9 Å². The Labute approximate surface area is 131 Å². The highest BCUT2D eigenvalue weighted by Gasteiger charge is 2.14. The Kier molecular flexibility index (Phi) is 3.80. The molecule has 5 nitrogen and oxygen atoms in total. The SMILES string of the molecule is O=C(O)c1cc(-c2cn[nH]c2)ccc1Oc1ccc(Cl)cc1. The fourth-order valence-electron chi connectivity index (χ4n) is 2.00. The summed E-state index contributed by atoms with van der Waals surface area (Å²) in [7, 11) is 0. The molecule has 0 spiro atoms. The zero-order valence-electron chi connectivity index (χ0n) is 11.3. The lowest BCUT2D eigenvalue weighted by Gasteiger charge is -2.10. The second-order valence-electron chi connectivity index (χ2n) is 4.56. The summed E-state index contributed by atoms with van der Waals surface area (Å²) in [6, 6.07) is 11.7. The van der Waals surface area contributed by atoms with E-state index in [4.69, 9.17) is 16.3 Å². The normalized spacial score (nSPS) is 10.4. The number of carboxylic acid groups (broad SMARTS) is 1. The monoisotopic (exact) mass is 314 g/mol. The molecule has 0 amide bonds. The predicted octanol–water partition coefficient (Wildman–Crippen LogP) is 4.22. The molecule has 0 saturated carbocycles. The van der Waals surface area contributed by atoms with Gasteiger partial charge in [-0.05, 0) is 42.0 Å². The molecule has 2 aromatic carbocycles. The number of carbonyl (C=O) groups is 1. The maximum Gasteiger partial charge on any atom is 0.339 e. The molecular weight excluding hydrogens is 304 g/mol. The molecule has 0 radical (unpaired) electrons. The van der Waals surface area contributed by atoms with Gasteiger partial charge in [0.1, 0.15) is 17.1 Å². The molecule has 0 aliphatic rings. The number of ether oxygens (including phenoxy) is 1. The molecule has 1 aromatic heterocycles. The van der Waals surface area contributed by atoms with Crippen LogP contribution in [0.2, 0.25) is 5.02 Å². The van der Waals surface area contributed by atoms with Gasteiger partial charge in [-0.2, -0.15) is 5.10 Å². The second kappa shape index (κ2) is 5.91. The van der Waals surface area contributed by atoms with E-state index in [1.807, 2.05) is 0 Å². The maximum absolute atomic E-state index is 11.5. The van der Waals surface area contributed by atoms with Crippen molar-refractivity contribution in [1.82, 2.24) is 10.2 Å². The van der Waals surface area contributed by atoms with Crippen LogP contribution in [0.1, 0.15) is 10.4 Å². The number of rotatable bonds is 4. The number of aromatic nitrogens is 2. The van der Waals surface area contributed by atoms with Gasteiger partial charge >= 0.3 is 5.97 Å². The molecule has 110 valence electrons. The van der Waals surface area contributed by atoms with E-state index in [2.05, 4.69) is 10.2 Å². The van der Waals surface area contributed by atoms with Gasteiger partial charge in [-0.25, -0.2) is 4.79 Å². The van der Waals surface area contributed by atoms with Gasteiger partial charge in [-0.1, -0.05) is 17.7 Å². The first kappa shape index (κ1) is 14.2. The predicted molar refractivity (Wildman–Crippen MR) is 82.5 cm³/mol. The first-order chi connectivity index (χ1) is 10.6. The van der Waals surface area contributed by atoms with E-state index in [0.29, 0.717) is 10.8 Å². The molecular formula is C16H11ClN2O3.